The molecule has 0 saturated heterocycles. The minimum atomic E-state index is -0.685. The van der Waals surface area contributed by atoms with E-state index in [0.717, 1.165) is 37.2 Å². The average Bonchev–Trinajstić information content (AvgIpc) is 2.68. The predicted octanol–water partition coefficient (Wildman–Crippen LogP) is 2.51. The number of hydrogen-bond acceptors (Lipinski definition) is 2. The first-order valence-corrected chi connectivity index (χ1v) is 6.85. The number of rotatable bonds is 4. The monoisotopic (exact) mass is 250 g/mol. The van der Waals surface area contributed by atoms with Gasteiger partial charge in [-0.15, -0.1) is 0 Å². The smallest absolute Gasteiger partial charge is 0.306 e. The summed E-state index contributed by atoms with van der Waals surface area (Å²) in [7, 11) is 2.07. The van der Waals surface area contributed by atoms with E-state index in [1.165, 1.54) is 5.69 Å². The number of aromatic nitrogens is 2. The number of imidazole rings is 1. The fourth-order valence-electron chi connectivity index (χ4n) is 2.96. The fourth-order valence-corrected chi connectivity index (χ4v) is 2.96. The van der Waals surface area contributed by atoms with Crippen LogP contribution in [-0.2, 0) is 24.7 Å². The molecule has 1 aromatic heterocycles. The number of carboxylic acids is 1. The van der Waals surface area contributed by atoms with Crippen LogP contribution in [0.25, 0.3) is 0 Å². The Balaban J connectivity index is 2.31. The summed E-state index contributed by atoms with van der Waals surface area (Å²) in [5.41, 5.74) is 2.26. The highest BCUT2D eigenvalue weighted by molar-refractivity contribution is 5.70. The maximum atomic E-state index is 11.1. The summed E-state index contributed by atoms with van der Waals surface area (Å²) in [5.74, 6) is 0.692. The number of nitrogens with zero attached hydrogens (tertiary/aromatic N) is 2. The third-order valence-corrected chi connectivity index (χ3v) is 4.20. The van der Waals surface area contributed by atoms with E-state index in [9.17, 15) is 4.79 Å². The van der Waals surface area contributed by atoms with E-state index in [0.29, 0.717) is 12.3 Å². The highest BCUT2D eigenvalue weighted by Crippen LogP contribution is 2.30. The van der Waals surface area contributed by atoms with Gasteiger partial charge in [0.2, 0.25) is 0 Å². The Bertz CT molecular complexity index is 447. The molecule has 1 unspecified atom stereocenters. The van der Waals surface area contributed by atoms with Crippen molar-refractivity contribution in [3.63, 3.8) is 0 Å². The molecule has 0 radical (unpaired) electrons. The van der Waals surface area contributed by atoms with Crippen molar-refractivity contribution in [3.05, 3.63) is 17.2 Å². The van der Waals surface area contributed by atoms with Gasteiger partial charge in [0.05, 0.1) is 11.6 Å². The second kappa shape index (κ2) is 5.12. The molecule has 1 aliphatic carbocycles. The second-order valence-corrected chi connectivity index (χ2v) is 5.21. The zero-order valence-corrected chi connectivity index (χ0v) is 11.4. The van der Waals surface area contributed by atoms with E-state index in [1.54, 1.807) is 0 Å². The van der Waals surface area contributed by atoms with Gasteiger partial charge < -0.3 is 9.67 Å². The molecule has 0 aromatic carbocycles. The summed E-state index contributed by atoms with van der Waals surface area (Å²) in [6, 6.07) is 0. The Hall–Kier alpha value is -1.32. The highest BCUT2D eigenvalue weighted by atomic mass is 16.4. The molecule has 0 spiro atoms. The number of carboxylic acid groups (broad SMARTS) is 1. The Kier molecular flexibility index (Phi) is 3.73. The molecule has 0 aliphatic heterocycles. The topological polar surface area (TPSA) is 55.1 Å². The van der Waals surface area contributed by atoms with Gasteiger partial charge in [-0.05, 0) is 25.7 Å². The van der Waals surface area contributed by atoms with E-state index in [1.807, 2.05) is 0 Å². The standard InChI is InChI=1S/C14H22N2O2/c1-4-9(5-2)13-15-11-8-10(14(17)18)6-7-12(11)16(13)3/h9-10H,4-8H2,1-3H3,(H,17,18). The molecule has 18 heavy (non-hydrogen) atoms. The van der Waals surface area contributed by atoms with Crippen LogP contribution in [0.3, 0.4) is 0 Å². The molecule has 2 rings (SSSR count). The zero-order chi connectivity index (χ0) is 13.3. The quantitative estimate of drug-likeness (QED) is 0.893. The molecule has 4 nitrogen and oxygen atoms in total. The highest BCUT2D eigenvalue weighted by Gasteiger charge is 2.29. The minimum absolute atomic E-state index is 0.248. The fraction of sp³-hybridized carbons (Fsp3) is 0.714. The SMILES string of the molecule is CCC(CC)c1nc2c(n1C)CCC(C(=O)O)C2. The summed E-state index contributed by atoms with van der Waals surface area (Å²) >= 11 is 0. The van der Waals surface area contributed by atoms with Crippen LogP contribution in [0.4, 0.5) is 0 Å². The lowest BCUT2D eigenvalue weighted by molar-refractivity contribution is -0.142. The molecular weight excluding hydrogens is 228 g/mol. The lowest BCUT2D eigenvalue weighted by atomic mass is 9.90. The van der Waals surface area contributed by atoms with Crippen molar-refractivity contribution in [1.82, 2.24) is 9.55 Å². The van der Waals surface area contributed by atoms with E-state index in [-0.39, 0.29) is 5.92 Å². The van der Waals surface area contributed by atoms with Gasteiger partial charge in [0.15, 0.2) is 0 Å². The second-order valence-electron chi connectivity index (χ2n) is 5.21. The van der Waals surface area contributed by atoms with Gasteiger partial charge >= 0.3 is 5.97 Å². The predicted molar refractivity (Wildman–Crippen MR) is 69.7 cm³/mol. The van der Waals surface area contributed by atoms with E-state index in [4.69, 9.17) is 10.1 Å². The molecule has 1 aromatic rings. The van der Waals surface area contributed by atoms with Crippen molar-refractivity contribution in [3.8, 4) is 0 Å². The molecule has 0 fully saturated rings. The molecule has 100 valence electrons. The first-order chi connectivity index (χ1) is 8.58. The van der Waals surface area contributed by atoms with E-state index in [2.05, 4.69) is 25.5 Å². The third-order valence-electron chi connectivity index (χ3n) is 4.20. The Morgan fingerprint density at radius 2 is 2.17 bits per heavy atom. The van der Waals surface area contributed by atoms with E-state index < -0.39 is 5.97 Å². The van der Waals surface area contributed by atoms with Crippen LogP contribution in [0.1, 0.15) is 56.2 Å². The number of fused-ring (bicyclic) bond motifs is 1. The lowest BCUT2D eigenvalue weighted by Crippen LogP contribution is -2.22. The largest absolute Gasteiger partial charge is 0.481 e. The number of aliphatic carboxylic acids is 1. The Morgan fingerprint density at radius 3 is 2.72 bits per heavy atom. The van der Waals surface area contributed by atoms with Crippen LogP contribution in [0, 0.1) is 5.92 Å². The van der Waals surface area contributed by atoms with Gasteiger partial charge in [-0.1, -0.05) is 13.8 Å². The van der Waals surface area contributed by atoms with Crippen molar-refractivity contribution in [1.29, 1.82) is 0 Å². The number of carbonyl (C=O) groups is 1. The normalized spacial score (nSPS) is 19.0. The van der Waals surface area contributed by atoms with Crippen molar-refractivity contribution in [2.45, 2.75) is 51.9 Å². The van der Waals surface area contributed by atoms with Crippen LogP contribution in [0.2, 0.25) is 0 Å². The molecule has 0 amide bonds. The van der Waals surface area contributed by atoms with Crippen LogP contribution in [-0.4, -0.2) is 20.6 Å². The van der Waals surface area contributed by atoms with Gasteiger partial charge in [-0.3, -0.25) is 4.79 Å². The van der Waals surface area contributed by atoms with Crippen molar-refractivity contribution < 1.29 is 9.90 Å². The van der Waals surface area contributed by atoms with Crippen LogP contribution in [0.5, 0.6) is 0 Å². The molecule has 1 heterocycles. The molecule has 4 heteroatoms. The van der Waals surface area contributed by atoms with Crippen molar-refractivity contribution in [2.24, 2.45) is 13.0 Å². The molecule has 1 N–H and O–H groups in total. The van der Waals surface area contributed by atoms with Gasteiger partial charge in [0.25, 0.3) is 0 Å². The molecular formula is C14H22N2O2. The minimum Gasteiger partial charge on any atom is -0.481 e. The summed E-state index contributed by atoms with van der Waals surface area (Å²) in [6.07, 6.45) is 4.35. The van der Waals surface area contributed by atoms with Gasteiger partial charge in [0, 0.05) is 25.1 Å². The van der Waals surface area contributed by atoms with Crippen LogP contribution >= 0.6 is 0 Å². The van der Waals surface area contributed by atoms with Crippen LogP contribution in [0.15, 0.2) is 0 Å². The van der Waals surface area contributed by atoms with E-state index >= 15 is 0 Å². The lowest BCUT2D eigenvalue weighted by Gasteiger charge is -2.18. The van der Waals surface area contributed by atoms with Crippen LogP contribution < -0.4 is 0 Å². The third kappa shape index (κ3) is 2.16. The molecule has 0 saturated carbocycles. The maximum Gasteiger partial charge on any atom is 0.306 e. The molecule has 1 atom stereocenters. The molecule has 1 aliphatic rings. The zero-order valence-electron chi connectivity index (χ0n) is 11.4. The first-order valence-electron chi connectivity index (χ1n) is 6.85. The van der Waals surface area contributed by atoms with Gasteiger partial charge in [0.1, 0.15) is 5.82 Å². The summed E-state index contributed by atoms with van der Waals surface area (Å²) in [4.78, 5) is 15.8. The Labute approximate surface area is 108 Å². The Morgan fingerprint density at radius 1 is 1.50 bits per heavy atom. The van der Waals surface area contributed by atoms with Crippen molar-refractivity contribution in [2.75, 3.05) is 0 Å². The molecule has 0 bridgehead atoms. The maximum absolute atomic E-state index is 11.1. The van der Waals surface area contributed by atoms with Crippen molar-refractivity contribution >= 4 is 5.97 Å². The summed E-state index contributed by atoms with van der Waals surface area (Å²) in [5, 5.41) is 9.11. The summed E-state index contributed by atoms with van der Waals surface area (Å²) < 4.78 is 2.20. The van der Waals surface area contributed by atoms with Gasteiger partial charge in [-0.25, -0.2) is 4.98 Å². The number of hydrogen-bond donors (Lipinski definition) is 1. The average molecular weight is 250 g/mol. The van der Waals surface area contributed by atoms with Gasteiger partial charge in [-0.2, -0.15) is 0 Å². The summed E-state index contributed by atoms with van der Waals surface area (Å²) in [6.45, 7) is 4.36. The first kappa shape index (κ1) is 13.1.